The summed E-state index contributed by atoms with van der Waals surface area (Å²) in [5.41, 5.74) is 1.76. The third-order valence-electron chi connectivity index (χ3n) is 3.88. The van der Waals surface area contributed by atoms with Gasteiger partial charge >= 0.3 is 0 Å². The highest BCUT2D eigenvalue weighted by Crippen LogP contribution is 2.33. The number of fused-ring (bicyclic) bond motifs is 1. The van der Waals surface area contributed by atoms with E-state index in [1.54, 1.807) is 24.2 Å². The van der Waals surface area contributed by atoms with Gasteiger partial charge < -0.3 is 15.4 Å². The Morgan fingerprint density at radius 3 is 3.00 bits per heavy atom. The molecule has 1 aliphatic heterocycles. The first-order chi connectivity index (χ1) is 11.6. The third kappa shape index (κ3) is 3.46. The van der Waals surface area contributed by atoms with Gasteiger partial charge in [0.05, 0.1) is 24.1 Å². The molecule has 0 saturated heterocycles. The third-order valence-corrected chi connectivity index (χ3v) is 4.50. The second kappa shape index (κ2) is 7.09. The van der Waals surface area contributed by atoms with Gasteiger partial charge in [0, 0.05) is 0 Å². The first-order valence-corrected chi connectivity index (χ1v) is 9.07. The van der Waals surface area contributed by atoms with Crippen LogP contribution in [0.15, 0.2) is 35.6 Å². The standard InChI is InChI=1S/C17H20N4O2S/c1-4-13-17(22)20-12-6-5-11(7-14(12)23-13)10(2)19-15-8-18-9-16(21-15)24-3/h5-10,13H,4H2,1-3H3,(H,19,21)(H,20,22)/t10-,13+/m0/s1. The van der Waals surface area contributed by atoms with E-state index in [1.807, 2.05) is 38.3 Å². The maximum Gasteiger partial charge on any atom is 0.265 e. The van der Waals surface area contributed by atoms with Crippen LogP contribution >= 0.6 is 11.8 Å². The van der Waals surface area contributed by atoms with Crippen molar-refractivity contribution in [3.05, 3.63) is 36.2 Å². The van der Waals surface area contributed by atoms with Crippen molar-refractivity contribution in [3.63, 3.8) is 0 Å². The van der Waals surface area contributed by atoms with Crippen molar-refractivity contribution in [2.75, 3.05) is 16.9 Å². The number of hydrogen-bond donors (Lipinski definition) is 2. The second-order valence-corrected chi connectivity index (χ2v) is 6.40. The molecule has 0 spiro atoms. The lowest BCUT2D eigenvalue weighted by Gasteiger charge is -2.26. The topological polar surface area (TPSA) is 76.1 Å². The molecule has 0 radical (unpaired) electrons. The summed E-state index contributed by atoms with van der Waals surface area (Å²) in [7, 11) is 0. The summed E-state index contributed by atoms with van der Waals surface area (Å²) < 4.78 is 5.80. The largest absolute Gasteiger partial charge is 0.478 e. The lowest BCUT2D eigenvalue weighted by molar-refractivity contribution is -0.123. The van der Waals surface area contributed by atoms with E-state index in [4.69, 9.17) is 4.74 Å². The fourth-order valence-electron chi connectivity index (χ4n) is 2.52. The van der Waals surface area contributed by atoms with Crippen LogP contribution in [0.1, 0.15) is 31.9 Å². The van der Waals surface area contributed by atoms with Crippen LogP contribution < -0.4 is 15.4 Å². The summed E-state index contributed by atoms with van der Waals surface area (Å²) in [5.74, 6) is 1.34. The molecule has 2 atom stereocenters. The van der Waals surface area contributed by atoms with E-state index in [0.29, 0.717) is 17.9 Å². The maximum absolute atomic E-state index is 11.8. The molecule has 0 bridgehead atoms. The molecule has 6 nitrogen and oxygen atoms in total. The highest BCUT2D eigenvalue weighted by molar-refractivity contribution is 7.98. The van der Waals surface area contributed by atoms with Crippen molar-refractivity contribution in [1.29, 1.82) is 0 Å². The van der Waals surface area contributed by atoms with Crippen LogP contribution in [-0.2, 0) is 4.79 Å². The number of rotatable bonds is 5. The molecule has 24 heavy (non-hydrogen) atoms. The normalized spacial score (nSPS) is 17.5. The Bertz CT molecular complexity index is 753. The van der Waals surface area contributed by atoms with Crippen LogP contribution in [0.2, 0.25) is 0 Å². The fourth-order valence-corrected chi connectivity index (χ4v) is 2.87. The van der Waals surface area contributed by atoms with Crippen molar-refractivity contribution < 1.29 is 9.53 Å². The molecule has 0 unspecified atom stereocenters. The van der Waals surface area contributed by atoms with Crippen molar-refractivity contribution >= 4 is 29.2 Å². The van der Waals surface area contributed by atoms with E-state index in [1.165, 1.54) is 0 Å². The van der Waals surface area contributed by atoms with E-state index < -0.39 is 6.10 Å². The molecular formula is C17H20N4O2S. The molecule has 2 N–H and O–H groups in total. The Balaban J connectivity index is 1.78. The Morgan fingerprint density at radius 1 is 1.42 bits per heavy atom. The van der Waals surface area contributed by atoms with Gasteiger partial charge in [0.1, 0.15) is 16.6 Å². The predicted octanol–water partition coefficient (Wildman–Crippen LogP) is 3.48. The predicted molar refractivity (Wildman–Crippen MR) is 95.6 cm³/mol. The zero-order chi connectivity index (χ0) is 17.1. The van der Waals surface area contributed by atoms with Crippen LogP contribution in [0.4, 0.5) is 11.5 Å². The number of anilines is 2. The molecule has 0 saturated carbocycles. The number of ether oxygens (including phenoxy) is 1. The van der Waals surface area contributed by atoms with Crippen LogP contribution in [0.3, 0.4) is 0 Å². The van der Waals surface area contributed by atoms with Crippen LogP contribution in [0, 0.1) is 0 Å². The summed E-state index contributed by atoms with van der Waals surface area (Å²) in [6.07, 6.45) is 5.62. The van der Waals surface area contributed by atoms with Crippen molar-refractivity contribution in [2.24, 2.45) is 0 Å². The number of carbonyl (C=O) groups excluding carboxylic acids is 1. The van der Waals surface area contributed by atoms with Crippen molar-refractivity contribution in [2.45, 2.75) is 37.4 Å². The van der Waals surface area contributed by atoms with Gasteiger partial charge in [-0.2, -0.15) is 0 Å². The van der Waals surface area contributed by atoms with Crippen LogP contribution in [-0.4, -0.2) is 28.2 Å². The highest BCUT2D eigenvalue weighted by atomic mass is 32.2. The van der Waals surface area contributed by atoms with Gasteiger partial charge in [0.25, 0.3) is 5.91 Å². The van der Waals surface area contributed by atoms with E-state index in [9.17, 15) is 4.79 Å². The second-order valence-electron chi connectivity index (χ2n) is 5.57. The summed E-state index contributed by atoms with van der Waals surface area (Å²) in [4.78, 5) is 20.5. The number of amides is 1. The number of aromatic nitrogens is 2. The number of carbonyl (C=O) groups is 1. The summed E-state index contributed by atoms with van der Waals surface area (Å²) in [5, 5.41) is 7.10. The number of nitrogens with one attached hydrogen (secondary N) is 2. The monoisotopic (exact) mass is 344 g/mol. The van der Waals surface area contributed by atoms with Gasteiger partial charge in [-0.1, -0.05) is 13.0 Å². The molecule has 3 rings (SSSR count). The highest BCUT2D eigenvalue weighted by Gasteiger charge is 2.26. The molecule has 2 aromatic rings. The van der Waals surface area contributed by atoms with Gasteiger partial charge in [-0.15, -0.1) is 11.8 Å². The van der Waals surface area contributed by atoms with Gasteiger partial charge in [-0.05, 0) is 37.3 Å². The average molecular weight is 344 g/mol. The summed E-state index contributed by atoms with van der Waals surface area (Å²) >= 11 is 1.55. The molecule has 1 amide bonds. The Labute approximate surface area is 145 Å². The van der Waals surface area contributed by atoms with E-state index >= 15 is 0 Å². The molecule has 0 fully saturated rings. The quantitative estimate of drug-likeness (QED) is 0.809. The maximum atomic E-state index is 11.8. The van der Waals surface area contributed by atoms with E-state index in [-0.39, 0.29) is 11.9 Å². The van der Waals surface area contributed by atoms with E-state index in [2.05, 4.69) is 20.6 Å². The van der Waals surface area contributed by atoms with E-state index in [0.717, 1.165) is 16.4 Å². The fraction of sp³-hybridized carbons (Fsp3) is 0.353. The molecule has 126 valence electrons. The molecule has 1 aromatic heterocycles. The first-order valence-electron chi connectivity index (χ1n) is 7.84. The smallest absolute Gasteiger partial charge is 0.265 e. The average Bonchev–Trinajstić information content (AvgIpc) is 2.60. The minimum atomic E-state index is -0.430. The lowest BCUT2D eigenvalue weighted by atomic mass is 10.1. The Hall–Kier alpha value is -2.28. The molecule has 7 heteroatoms. The Morgan fingerprint density at radius 2 is 2.25 bits per heavy atom. The first kappa shape index (κ1) is 16.6. The summed E-state index contributed by atoms with van der Waals surface area (Å²) in [6.45, 7) is 3.98. The molecule has 1 aliphatic rings. The van der Waals surface area contributed by atoms with Gasteiger partial charge in [-0.25, -0.2) is 4.98 Å². The number of benzene rings is 1. The molecular weight excluding hydrogens is 324 g/mol. The minimum Gasteiger partial charge on any atom is -0.478 e. The van der Waals surface area contributed by atoms with Gasteiger partial charge in [0.2, 0.25) is 0 Å². The number of nitrogens with zero attached hydrogens (tertiary/aromatic N) is 2. The lowest BCUT2D eigenvalue weighted by Crippen LogP contribution is -2.36. The van der Waals surface area contributed by atoms with Crippen molar-refractivity contribution in [3.8, 4) is 5.75 Å². The molecule has 1 aromatic carbocycles. The summed E-state index contributed by atoms with van der Waals surface area (Å²) in [6, 6.07) is 5.83. The SMILES string of the molecule is CC[C@H]1Oc2cc([C@H](C)Nc3cncc(SC)n3)ccc2NC1=O. The Kier molecular flexibility index (Phi) is 4.89. The number of hydrogen-bond acceptors (Lipinski definition) is 6. The van der Waals surface area contributed by atoms with Gasteiger partial charge in [-0.3, -0.25) is 9.78 Å². The molecule has 2 heterocycles. The molecule has 0 aliphatic carbocycles. The number of thioether (sulfide) groups is 1. The zero-order valence-corrected chi connectivity index (χ0v) is 14.7. The zero-order valence-electron chi connectivity index (χ0n) is 13.9. The van der Waals surface area contributed by atoms with Crippen LogP contribution in [0.25, 0.3) is 0 Å². The minimum absolute atomic E-state index is 0.0306. The van der Waals surface area contributed by atoms with Gasteiger partial charge in [0.15, 0.2) is 6.10 Å². The van der Waals surface area contributed by atoms with Crippen molar-refractivity contribution in [1.82, 2.24) is 9.97 Å². The van der Waals surface area contributed by atoms with Crippen LogP contribution in [0.5, 0.6) is 5.75 Å².